The van der Waals surface area contributed by atoms with Crippen molar-refractivity contribution in [1.29, 1.82) is 0 Å². The average molecular weight is 635 g/mol. The third kappa shape index (κ3) is 6.91. The molecule has 0 saturated heterocycles. The van der Waals surface area contributed by atoms with Crippen molar-refractivity contribution in [3.8, 4) is 11.8 Å². The molecule has 1 aliphatic carbocycles. The van der Waals surface area contributed by atoms with Crippen LogP contribution in [0.5, 0.6) is 0 Å². The molecule has 12 heteroatoms. The summed E-state index contributed by atoms with van der Waals surface area (Å²) in [5, 5.41) is 12.9. The molecule has 0 aliphatic heterocycles. The van der Waals surface area contributed by atoms with E-state index in [-0.39, 0.29) is 39.1 Å². The maximum atomic E-state index is 14.5. The lowest BCUT2D eigenvalue weighted by molar-refractivity contribution is -0.241. The molecule has 43 heavy (non-hydrogen) atoms. The zero-order valence-corrected chi connectivity index (χ0v) is 25.5. The van der Waals surface area contributed by atoms with Crippen molar-refractivity contribution in [2.24, 2.45) is 5.92 Å². The summed E-state index contributed by atoms with van der Waals surface area (Å²) in [6.07, 6.45) is -3.39. The Balaban J connectivity index is 1.73. The molecule has 0 aromatic heterocycles. The highest BCUT2D eigenvalue weighted by atomic mass is 32.2. The first-order chi connectivity index (χ1) is 20.1. The number of aryl methyl sites for hydroxylation is 1. The maximum Gasteiger partial charge on any atom is 0.433 e. The van der Waals surface area contributed by atoms with Gasteiger partial charge < -0.3 is 10.4 Å². The Bertz CT molecular complexity index is 1750. The monoisotopic (exact) mass is 634 g/mol. The molecule has 0 spiro atoms. The highest BCUT2D eigenvalue weighted by Crippen LogP contribution is 2.42. The Morgan fingerprint density at radius 1 is 0.977 bits per heavy atom. The molecule has 2 atom stereocenters. The fraction of sp³-hybridized carbons (Fsp3) is 0.355. The number of aliphatic hydroxyl groups is 1. The molecule has 7 nitrogen and oxygen atoms in total. The van der Waals surface area contributed by atoms with Gasteiger partial charge in [-0.3, -0.25) is 0 Å². The Hall–Kier alpha value is -3.37. The molecule has 0 heterocycles. The Labute approximate surface area is 250 Å². The third-order valence-electron chi connectivity index (χ3n) is 7.27. The summed E-state index contributed by atoms with van der Waals surface area (Å²) in [4.78, 5) is -0.0477. The zero-order chi connectivity index (χ0) is 31.6. The van der Waals surface area contributed by atoms with Crippen LogP contribution in [0.4, 0.5) is 18.9 Å². The number of hydrogen-bond acceptors (Lipinski definition) is 6. The number of alkyl halides is 3. The first-order valence-electron chi connectivity index (χ1n) is 13.7. The van der Waals surface area contributed by atoms with Crippen LogP contribution < -0.4 is 5.32 Å². The molecule has 3 aromatic rings. The standard InChI is InChI=1S/C31H33F3N2O5S2/c1-4-19-36(3)43(40,41)27-12-8-9-23(20-27)17-18-30(37,31(32,33)34)28-21-25(16-13-22(28)2)35-29(24-14-15-24)42(38,39)26-10-6-5-7-11-26/h5-13,16,20-21,24,29,35,37H,4,14-15,19H2,1-3H3. The summed E-state index contributed by atoms with van der Waals surface area (Å²) < 4.78 is 97.1. The summed E-state index contributed by atoms with van der Waals surface area (Å²) in [6, 6.07) is 16.9. The van der Waals surface area contributed by atoms with Crippen molar-refractivity contribution in [3.05, 3.63) is 89.5 Å². The highest BCUT2D eigenvalue weighted by Gasteiger charge is 2.55. The van der Waals surface area contributed by atoms with E-state index in [0.29, 0.717) is 19.3 Å². The van der Waals surface area contributed by atoms with E-state index in [4.69, 9.17) is 0 Å². The number of nitrogens with zero attached hydrogens (tertiary/aromatic N) is 1. The number of hydrogen-bond donors (Lipinski definition) is 2. The van der Waals surface area contributed by atoms with Gasteiger partial charge in [-0.1, -0.05) is 43.2 Å². The number of halogens is 3. The predicted octanol–water partition coefficient (Wildman–Crippen LogP) is 5.45. The molecule has 230 valence electrons. The lowest BCUT2D eigenvalue weighted by Gasteiger charge is -2.28. The van der Waals surface area contributed by atoms with Gasteiger partial charge in [0.1, 0.15) is 5.37 Å². The van der Waals surface area contributed by atoms with Crippen molar-refractivity contribution >= 4 is 25.5 Å². The van der Waals surface area contributed by atoms with Crippen LogP contribution in [0.1, 0.15) is 42.9 Å². The van der Waals surface area contributed by atoms with Gasteiger partial charge in [0.05, 0.1) is 9.79 Å². The summed E-state index contributed by atoms with van der Waals surface area (Å²) in [7, 11) is -6.36. The minimum Gasteiger partial charge on any atom is -0.369 e. The smallest absolute Gasteiger partial charge is 0.369 e. The second kappa shape index (κ2) is 12.3. The van der Waals surface area contributed by atoms with E-state index < -0.39 is 42.6 Å². The van der Waals surface area contributed by atoms with E-state index in [9.17, 15) is 35.1 Å². The first-order valence-corrected chi connectivity index (χ1v) is 16.6. The van der Waals surface area contributed by atoms with Gasteiger partial charge in [-0.05, 0) is 86.1 Å². The highest BCUT2D eigenvalue weighted by molar-refractivity contribution is 7.92. The normalized spacial score (nSPS) is 16.2. The van der Waals surface area contributed by atoms with E-state index in [1.807, 2.05) is 12.8 Å². The van der Waals surface area contributed by atoms with Crippen LogP contribution in [0.2, 0.25) is 0 Å². The van der Waals surface area contributed by atoms with Crippen molar-refractivity contribution in [1.82, 2.24) is 4.31 Å². The Morgan fingerprint density at radius 2 is 1.63 bits per heavy atom. The second-order valence-corrected chi connectivity index (χ2v) is 14.7. The minimum absolute atomic E-state index is 0.0386. The number of sulfonamides is 1. The van der Waals surface area contributed by atoms with Gasteiger partial charge in [-0.25, -0.2) is 21.1 Å². The van der Waals surface area contributed by atoms with Crippen molar-refractivity contribution in [3.63, 3.8) is 0 Å². The number of nitrogens with one attached hydrogen (secondary N) is 1. The van der Waals surface area contributed by atoms with Gasteiger partial charge in [0.2, 0.25) is 15.6 Å². The van der Waals surface area contributed by atoms with Crippen LogP contribution in [0.3, 0.4) is 0 Å². The molecule has 0 radical (unpaired) electrons. The fourth-order valence-corrected chi connectivity index (χ4v) is 7.88. The SMILES string of the molecule is CCCN(C)S(=O)(=O)c1cccc(C#CC(O)(c2cc(NC(C3CC3)S(=O)(=O)c3ccccc3)ccc2C)C(F)(F)F)c1. The molecule has 4 rings (SSSR count). The van der Waals surface area contributed by atoms with Gasteiger partial charge in [-0.15, -0.1) is 0 Å². The maximum absolute atomic E-state index is 14.5. The van der Waals surface area contributed by atoms with Crippen molar-refractivity contribution in [2.45, 2.75) is 60.1 Å². The molecular formula is C31H33F3N2O5S2. The van der Waals surface area contributed by atoms with Crippen molar-refractivity contribution in [2.75, 3.05) is 18.9 Å². The quantitative estimate of drug-likeness (QED) is 0.288. The van der Waals surface area contributed by atoms with E-state index in [1.165, 1.54) is 56.4 Å². The van der Waals surface area contributed by atoms with Crippen LogP contribution in [-0.2, 0) is 25.5 Å². The molecule has 0 amide bonds. The first kappa shape index (κ1) is 32.5. The molecular weight excluding hydrogens is 601 g/mol. The molecule has 3 aromatic carbocycles. The fourth-order valence-electron chi connectivity index (χ4n) is 4.67. The summed E-state index contributed by atoms with van der Waals surface area (Å²) in [6.45, 7) is 3.45. The topological polar surface area (TPSA) is 104 Å². The van der Waals surface area contributed by atoms with Crippen molar-refractivity contribution < 1.29 is 35.1 Å². The number of rotatable bonds is 10. The number of sulfone groups is 1. The Kier molecular flexibility index (Phi) is 9.32. The predicted molar refractivity (Wildman–Crippen MR) is 158 cm³/mol. The third-order valence-corrected chi connectivity index (χ3v) is 11.2. The van der Waals surface area contributed by atoms with Gasteiger partial charge >= 0.3 is 6.18 Å². The van der Waals surface area contributed by atoms with Gasteiger partial charge in [-0.2, -0.15) is 13.2 Å². The van der Waals surface area contributed by atoms with E-state index in [2.05, 4.69) is 11.2 Å². The lowest BCUT2D eigenvalue weighted by atomic mass is 9.89. The number of anilines is 1. The zero-order valence-electron chi connectivity index (χ0n) is 23.9. The Morgan fingerprint density at radius 3 is 2.23 bits per heavy atom. The van der Waals surface area contributed by atoms with Gasteiger partial charge in [0.15, 0.2) is 9.84 Å². The van der Waals surface area contributed by atoms with E-state index in [0.717, 1.165) is 16.4 Å². The minimum atomic E-state index is -5.25. The molecule has 2 N–H and O–H groups in total. The number of benzene rings is 3. The van der Waals surface area contributed by atoms with Gasteiger partial charge in [0, 0.05) is 30.4 Å². The largest absolute Gasteiger partial charge is 0.433 e. The molecule has 0 bridgehead atoms. The molecule has 2 unspecified atom stereocenters. The summed E-state index contributed by atoms with van der Waals surface area (Å²) in [5.41, 5.74) is -4.10. The average Bonchev–Trinajstić information content (AvgIpc) is 3.81. The molecule has 1 aliphatic rings. The lowest BCUT2D eigenvalue weighted by Crippen LogP contribution is -2.42. The molecule has 1 fully saturated rings. The summed E-state index contributed by atoms with van der Waals surface area (Å²) >= 11 is 0. The van der Waals surface area contributed by atoms with E-state index in [1.54, 1.807) is 18.2 Å². The van der Waals surface area contributed by atoms with Crippen LogP contribution in [-0.4, -0.2) is 51.4 Å². The van der Waals surface area contributed by atoms with Crippen LogP contribution >= 0.6 is 0 Å². The van der Waals surface area contributed by atoms with Gasteiger partial charge in [0.25, 0.3) is 0 Å². The van der Waals surface area contributed by atoms with E-state index >= 15 is 0 Å². The second-order valence-electron chi connectivity index (χ2n) is 10.6. The van der Waals surface area contributed by atoms with Crippen LogP contribution in [0.25, 0.3) is 0 Å². The summed E-state index contributed by atoms with van der Waals surface area (Å²) in [5.74, 6) is 4.03. The van der Waals surface area contributed by atoms with Crippen LogP contribution in [0, 0.1) is 24.7 Å². The van der Waals surface area contributed by atoms with Crippen LogP contribution in [0.15, 0.2) is 82.6 Å². The molecule has 1 saturated carbocycles.